The van der Waals surface area contributed by atoms with Crippen LogP contribution < -0.4 is 10.2 Å². The molecule has 0 radical (unpaired) electrons. The van der Waals surface area contributed by atoms with E-state index < -0.39 is 0 Å². The highest BCUT2D eigenvalue weighted by atomic mass is 15.2. The summed E-state index contributed by atoms with van der Waals surface area (Å²) in [5.74, 6) is 1.84. The molecule has 1 aromatic rings. The van der Waals surface area contributed by atoms with Gasteiger partial charge in [-0.25, -0.2) is 4.98 Å². The predicted octanol–water partition coefficient (Wildman–Crippen LogP) is 3.21. The van der Waals surface area contributed by atoms with Crippen molar-refractivity contribution in [2.24, 2.45) is 5.92 Å². The number of rotatable bonds is 8. The highest BCUT2D eigenvalue weighted by Crippen LogP contribution is 2.31. The number of hydrogen-bond acceptors (Lipinski definition) is 3. The molecule has 0 atom stereocenters. The fourth-order valence-corrected chi connectivity index (χ4v) is 2.31. The Morgan fingerprint density at radius 2 is 2.16 bits per heavy atom. The molecular formula is C16H27N3. The maximum atomic E-state index is 4.66. The van der Waals surface area contributed by atoms with Gasteiger partial charge in [-0.1, -0.05) is 26.8 Å². The molecular weight excluding hydrogens is 234 g/mol. The second-order valence-electron chi connectivity index (χ2n) is 5.98. The Balaban J connectivity index is 1.95. The molecule has 0 aliphatic heterocycles. The molecule has 19 heavy (non-hydrogen) atoms. The number of nitrogens with zero attached hydrogens (tertiary/aromatic N) is 2. The van der Waals surface area contributed by atoms with Crippen LogP contribution in [0, 0.1) is 5.92 Å². The Hall–Kier alpha value is -1.09. The van der Waals surface area contributed by atoms with Crippen LogP contribution in [0.5, 0.6) is 0 Å². The fourth-order valence-electron chi connectivity index (χ4n) is 2.31. The van der Waals surface area contributed by atoms with Crippen LogP contribution in [-0.4, -0.2) is 24.1 Å². The SMILES string of the molecule is CCCNCc1ccc(N(CC(C)C)C2CC2)nc1. The van der Waals surface area contributed by atoms with Crippen LogP contribution >= 0.6 is 0 Å². The van der Waals surface area contributed by atoms with Gasteiger partial charge in [-0.3, -0.25) is 0 Å². The van der Waals surface area contributed by atoms with Gasteiger partial charge in [0.15, 0.2) is 0 Å². The zero-order valence-electron chi connectivity index (χ0n) is 12.5. The quantitative estimate of drug-likeness (QED) is 0.728. The van der Waals surface area contributed by atoms with E-state index in [0.29, 0.717) is 5.92 Å². The summed E-state index contributed by atoms with van der Waals surface area (Å²) in [4.78, 5) is 7.14. The molecule has 1 N–H and O–H groups in total. The smallest absolute Gasteiger partial charge is 0.128 e. The molecule has 1 aliphatic rings. The van der Waals surface area contributed by atoms with Gasteiger partial charge >= 0.3 is 0 Å². The van der Waals surface area contributed by atoms with Crippen molar-refractivity contribution in [1.29, 1.82) is 0 Å². The third kappa shape index (κ3) is 4.50. The first-order valence-electron chi connectivity index (χ1n) is 7.63. The summed E-state index contributed by atoms with van der Waals surface area (Å²) < 4.78 is 0. The van der Waals surface area contributed by atoms with Crippen molar-refractivity contribution >= 4 is 5.82 Å². The summed E-state index contributed by atoms with van der Waals surface area (Å²) in [5.41, 5.74) is 1.28. The largest absolute Gasteiger partial charge is 0.353 e. The average molecular weight is 261 g/mol. The Bertz CT molecular complexity index is 368. The van der Waals surface area contributed by atoms with E-state index in [9.17, 15) is 0 Å². The lowest BCUT2D eigenvalue weighted by Crippen LogP contribution is -2.30. The van der Waals surface area contributed by atoms with Crippen LogP contribution in [0.15, 0.2) is 18.3 Å². The molecule has 106 valence electrons. The minimum atomic E-state index is 0.688. The van der Waals surface area contributed by atoms with Crippen LogP contribution in [0.1, 0.15) is 45.6 Å². The molecule has 0 amide bonds. The number of aromatic nitrogens is 1. The van der Waals surface area contributed by atoms with Crippen LogP contribution in [-0.2, 0) is 6.54 Å². The maximum Gasteiger partial charge on any atom is 0.128 e. The molecule has 2 rings (SSSR count). The topological polar surface area (TPSA) is 28.2 Å². The molecule has 1 heterocycles. The van der Waals surface area contributed by atoms with Gasteiger partial charge in [-0.15, -0.1) is 0 Å². The Kier molecular flexibility index (Phi) is 5.20. The summed E-state index contributed by atoms with van der Waals surface area (Å²) in [6.45, 7) is 9.85. The van der Waals surface area contributed by atoms with Crippen LogP contribution in [0.4, 0.5) is 5.82 Å². The monoisotopic (exact) mass is 261 g/mol. The maximum absolute atomic E-state index is 4.66. The van der Waals surface area contributed by atoms with Gasteiger partial charge in [0.2, 0.25) is 0 Å². The van der Waals surface area contributed by atoms with E-state index in [4.69, 9.17) is 0 Å². The number of pyridine rings is 1. The fraction of sp³-hybridized carbons (Fsp3) is 0.688. The van der Waals surface area contributed by atoms with Crippen molar-refractivity contribution in [2.45, 2.75) is 52.6 Å². The van der Waals surface area contributed by atoms with E-state index in [1.165, 1.54) is 24.8 Å². The van der Waals surface area contributed by atoms with Crippen molar-refractivity contribution < 1.29 is 0 Å². The predicted molar refractivity (Wildman–Crippen MR) is 81.4 cm³/mol. The summed E-state index contributed by atoms with van der Waals surface area (Å²) >= 11 is 0. The van der Waals surface area contributed by atoms with Crippen molar-refractivity contribution in [3.63, 3.8) is 0 Å². The second kappa shape index (κ2) is 6.90. The first-order valence-corrected chi connectivity index (χ1v) is 7.63. The molecule has 1 aliphatic carbocycles. The zero-order chi connectivity index (χ0) is 13.7. The van der Waals surface area contributed by atoms with E-state index in [1.54, 1.807) is 0 Å². The third-order valence-corrected chi connectivity index (χ3v) is 3.41. The van der Waals surface area contributed by atoms with Gasteiger partial charge in [0.05, 0.1) is 0 Å². The zero-order valence-corrected chi connectivity index (χ0v) is 12.5. The molecule has 0 saturated heterocycles. The summed E-state index contributed by atoms with van der Waals surface area (Å²) in [6.07, 6.45) is 5.85. The van der Waals surface area contributed by atoms with Crippen LogP contribution in [0.3, 0.4) is 0 Å². The van der Waals surface area contributed by atoms with Crippen molar-refractivity contribution in [1.82, 2.24) is 10.3 Å². The van der Waals surface area contributed by atoms with Gasteiger partial charge in [0, 0.05) is 25.3 Å². The molecule has 1 saturated carbocycles. The molecule has 3 heteroatoms. The molecule has 1 fully saturated rings. The summed E-state index contributed by atoms with van der Waals surface area (Å²) in [7, 11) is 0. The van der Waals surface area contributed by atoms with E-state index in [1.807, 2.05) is 6.20 Å². The standard InChI is InChI=1S/C16H27N3/c1-4-9-17-10-14-5-8-16(18-11-14)19(12-13(2)3)15-6-7-15/h5,8,11,13,15,17H,4,6-7,9-10,12H2,1-3H3. The first-order chi connectivity index (χ1) is 9.20. The van der Waals surface area contributed by atoms with E-state index >= 15 is 0 Å². The lowest BCUT2D eigenvalue weighted by Gasteiger charge is -2.25. The van der Waals surface area contributed by atoms with Crippen molar-refractivity contribution in [3.8, 4) is 0 Å². The Morgan fingerprint density at radius 3 is 2.68 bits per heavy atom. The molecule has 0 unspecified atom stereocenters. The van der Waals surface area contributed by atoms with E-state index in [2.05, 4.69) is 48.1 Å². The number of anilines is 1. The lowest BCUT2D eigenvalue weighted by atomic mass is 10.2. The summed E-state index contributed by atoms with van der Waals surface area (Å²) in [5, 5.41) is 3.41. The first kappa shape index (κ1) is 14.3. The van der Waals surface area contributed by atoms with E-state index in [-0.39, 0.29) is 0 Å². The molecule has 0 bridgehead atoms. The molecule has 0 spiro atoms. The van der Waals surface area contributed by atoms with Gasteiger partial charge in [-0.05, 0) is 43.4 Å². The molecule has 0 aromatic carbocycles. The van der Waals surface area contributed by atoms with Crippen LogP contribution in [0.2, 0.25) is 0 Å². The highest BCUT2D eigenvalue weighted by Gasteiger charge is 2.30. The van der Waals surface area contributed by atoms with Crippen LogP contribution in [0.25, 0.3) is 0 Å². The third-order valence-electron chi connectivity index (χ3n) is 3.41. The van der Waals surface area contributed by atoms with Gasteiger partial charge in [0.1, 0.15) is 5.82 Å². The van der Waals surface area contributed by atoms with Crippen molar-refractivity contribution in [2.75, 3.05) is 18.0 Å². The number of nitrogens with one attached hydrogen (secondary N) is 1. The molecule has 1 aromatic heterocycles. The summed E-state index contributed by atoms with van der Waals surface area (Å²) in [6, 6.07) is 5.13. The lowest BCUT2D eigenvalue weighted by molar-refractivity contribution is 0.602. The second-order valence-corrected chi connectivity index (χ2v) is 5.98. The molecule has 3 nitrogen and oxygen atoms in total. The number of hydrogen-bond donors (Lipinski definition) is 1. The normalized spacial score (nSPS) is 14.9. The highest BCUT2D eigenvalue weighted by molar-refractivity contribution is 5.42. The van der Waals surface area contributed by atoms with Gasteiger partial charge in [-0.2, -0.15) is 0 Å². The average Bonchev–Trinajstić information content (AvgIpc) is 3.21. The minimum Gasteiger partial charge on any atom is -0.353 e. The Labute approximate surface area is 117 Å². The van der Waals surface area contributed by atoms with E-state index in [0.717, 1.165) is 31.5 Å². The van der Waals surface area contributed by atoms with Gasteiger partial charge in [0.25, 0.3) is 0 Å². The van der Waals surface area contributed by atoms with Gasteiger partial charge < -0.3 is 10.2 Å². The van der Waals surface area contributed by atoms with Crippen molar-refractivity contribution in [3.05, 3.63) is 23.9 Å². The minimum absolute atomic E-state index is 0.688. The Morgan fingerprint density at radius 1 is 1.37 bits per heavy atom.